The minimum Gasteiger partial charge on any atom is -0.423 e. The van der Waals surface area contributed by atoms with Gasteiger partial charge in [-0.25, -0.2) is 0 Å². The van der Waals surface area contributed by atoms with Gasteiger partial charge in [-0.05, 0) is 11.6 Å². The lowest BCUT2D eigenvalue weighted by Gasteiger charge is -2.22. The van der Waals surface area contributed by atoms with Crippen LogP contribution in [0, 0.1) is 0 Å². The molecule has 0 fully saturated rings. The molecule has 5 heteroatoms. The third-order valence-electron chi connectivity index (χ3n) is 3.64. The van der Waals surface area contributed by atoms with Crippen molar-refractivity contribution in [3.63, 3.8) is 0 Å². The van der Waals surface area contributed by atoms with Crippen LogP contribution in [-0.2, 0) is 18.5 Å². The zero-order chi connectivity index (χ0) is 14.9. The van der Waals surface area contributed by atoms with Crippen molar-refractivity contribution in [2.45, 2.75) is 39.3 Å². The summed E-state index contributed by atoms with van der Waals surface area (Å²) in [7, 11) is 0. The summed E-state index contributed by atoms with van der Waals surface area (Å²) in [5.74, 6) is 1.37. The van der Waals surface area contributed by atoms with Crippen LogP contribution in [-0.4, -0.2) is 23.3 Å². The number of hydrogen-bond acceptors (Lipinski definition) is 5. The van der Waals surface area contributed by atoms with Gasteiger partial charge >= 0.3 is 0 Å². The van der Waals surface area contributed by atoms with E-state index in [4.69, 9.17) is 4.42 Å². The molecular formula is C16H22N4O. The molecule has 3 rings (SSSR count). The minimum absolute atomic E-state index is 0.108. The third-order valence-corrected chi connectivity index (χ3v) is 3.64. The fraction of sp³-hybridized carbons (Fsp3) is 0.500. The molecule has 5 nitrogen and oxygen atoms in total. The van der Waals surface area contributed by atoms with Gasteiger partial charge in [-0.2, -0.15) is 0 Å². The van der Waals surface area contributed by atoms with Crippen LogP contribution in [0.5, 0.6) is 0 Å². The molecule has 1 aliphatic rings. The van der Waals surface area contributed by atoms with E-state index in [9.17, 15) is 0 Å². The molecule has 2 heterocycles. The first-order valence-corrected chi connectivity index (χ1v) is 7.40. The highest BCUT2D eigenvalue weighted by Gasteiger charge is 2.23. The Kier molecular flexibility index (Phi) is 3.68. The van der Waals surface area contributed by atoms with Gasteiger partial charge in [0.25, 0.3) is 0 Å². The van der Waals surface area contributed by atoms with Crippen LogP contribution < -0.4 is 10.2 Å². The molecule has 0 radical (unpaired) electrons. The SMILES string of the molecule is CC(C)(C)c1nnc(CN2CCNCc3ccccc32)o1. The lowest BCUT2D eigenvalue weighted by molar-refractivity contribution is 0.370. The van der Waals surface area contributed by atoms with Crippen LogP contribution in [0.4, 0.5) is 5.69 Å². The fourth-order valence-corrected chi connectivity index (χ4v) is 2.47. The van der Waals surface area contributed by atoms with E-state index in [1.807, 2.05) is 0 Å². The fourth-order valence-electron chi connectivity index (χ4n) is 2.47. The van der Waals surface area contributed by atoms with E-state index < -0.39 is 0 Å². The van der Waals surface area contributed by atoms with Gasteiger partial charge in [0.2, 0.25) is 11.8 Å². The average Bonchev–Trinajstić information content (AvgIpc) is 2.82. The molecule has 21 heavy (non-hydrogen) atoms. The Morgan fingerprint density at radius 3 is 2.81 bits per heavy atom. The van der Waals surface area contributed by atoms with Gasteiger partial charge < -0.3 is 14.6 Å². The number of nitrogens with one attached hydrogen (secondary N) is 1. The van der Waals surface area contributed by atoms with Gasteiger partial charge in [0.05, 0.1) is 6.54 Å². The second kappa shape index (κ2) is 5.48. The number of benzene rings is 1. The van der Waals surface area contributed by atoms with Crippen LogP contribution in [0.3, 0.4) is 0 Å². The monoisotopic (exact) mass is 286 g/mol. The van der Waals surface area contributed by atoms with Gasteiger partial charge in [-0.3, -0.25) is 0 Å². The van der Waals surface area contributed by atoms with Crippen LogP contribution in [0.2, 0.25) is 0 Å². The molecule has 0 spiro atoms. The van der Waals surface area contributed by atoms with E-state index in [1.165, 1.54) is 11.3 Å². The largest absolute Gasteiger partial charge is 0.423 e. The zero-order valence-electron chi connectivity index (χ0n) is 12.9. The standard InChI is InChI=1S/C16H22N4O/c1-16(2,3)15-19-18-14(21-15)11-20-9-8-17-10-12-6-4-5-7-13(12)20/h4-7,17H,8-11H2,1-3H3. The third kappa shape index (κ3) is 3.08. The summed E-state index contributed by atoms with van der Waals surface area (Å²) in [5, 5.41) is 11.8. The Hall–Kier alpha value is -1.88. The summed E-state index contributed by atoms with van der Waals surface area (Å²) in [6.45, 7) is 9.69. The number of hydrogen-bond donors (Lipinski definition) is 1. The predicted octanol–water partition coefficient (Wildman–Crippen LogP) is 2.48. The number of fused-ring (bicyclic) bond motifs is 1. The molecule has 1 aromatic heterocycles. The van der Waals surface area contributed by atoms with Crippen molar-refractivity contribution in [1.82, 2.24) is 15.5 Å². The topological polar surface area (TPSA) is 54.2 Å². The molecule has 1 aliphatic heterocycles. The smallest absolute Gasteiger partial charge is 0.235 e. The Balaban J connectivity index is 1.83. The van der Waals surface area contributed by atoms with E-state index in [-0.39, 0.29) is 5.41 Å². The maximum atomic E-state index is 5.82. The minimum atomic E-state index is -0.108. The molecule has 0 unspecified atom stereocenters. The summed E-state index contributed by atoms with van der Waals surface area (Å²) >= 11 is 0. The maximum Gasteiger partial charge on any atom is 0.235 e. The molecule has 0 bridgehead atoms. The van der Waals surface area contributed by atoms with Crippen molar-refractivity contribution in [1.29, 1.82) is 0 Å². The second-order valence-electron chi connectivity index (χ2n) is 6.48. The molecule has 1 aromatic carbocycles. The molecule has 0 saturated heterocycles. The van der Waals surface area contributed by atoms with E-state index in [1.54, 1.807) is 0 Å². The van der Waals surface area contributed by atoms with Crippen molar-refractivity contribution < 1.29 is 4.42 Å². The lowest BCUT2D eigenvalue weighted by atomic mass is 9.97. The van der Waals surface area contributed by atoms with E-state index in [0.29, 0.717) is 18.3 Å². The summed E-state index contributed by atoms with van der Waals surface area (Å²) in [6, 6.07) is 8.47. The Labute approximate surface area is 125 Å². The normalized spacial score (nSPS) is 15.7. The summed E-state index contributed by atoms with van der Waals surface area (Å²) in [5.41, 5.74) is 2.45. The number of nitrogens with zero attached hydrogens (tertiary/aromatic N) is 3. The van der Waals surface area contributed by atoms with Gasteiger partial charge in [0.1, 0.15) is 0 Å². The molecule has 0 atom stereocenters. The zero-order valence-corrected chi connectivity index (χ0v) is 12.9. The van der Waals surface area contributed by atoms with Gasteiger partial charge in [-0.1, -0.05) is 39.0 Å². The summed E-state index contributed by atoms with van der Waals surface area (Å²) in [4.78, 5) is 2.30. The highest BCUT2D eigenvalue weighted by molar-refractivity contribution is 5.54. The first-order valence-electron chi connectivity index (χ1n) is 7.40. The average molecular weight is 286 g/mol. The Morgan fingerprint density at radius 1 is 1.24 bits per heavy atom. The highest BCUT2D eigenvalue weighted by atomic mass is 16.4. The maximum absolute atomic E-state index is 5.82. The highest BCUT2D eigenvalue weighted by Crippen LogP contribution is 2.25. The van der Waals surface area contributed by atoms with Crippen molar-refractivity contribution >= 4 is 5.69 Å². The summed E-state index contributed by atoms with van der Waals surface area (Å²) < 4.78 is 5.82. The van der Waals surface area contributed by atoms with Crippen LogP contribution >= 0.6 is 0 Å². The quantitative estimate of drug-likeness (QED) is 0.919. The van der Waals surface area contributed by atoms with Gasteiger partial charge in [0, 0.05) is 30.7 Å². The van der Waals surface area contributed by atoms with Crippen molar-refractivity contribution in [3.05, 3.63) is 41.6 Å². The molecule has 0 saturated carbocycles. The van der Waals surface area contributed by atoms with Crippen LogP contribution in [0.1, 0.15) is 38.1 Å². The van der Waals surface area contributed by atoms with Gasteiger partial charge in [-0.15, -0.1) is 10.2 Å². The molecular weight excluding hydrogens is 264 g/mol. The first-order chi connectivity index (χ1) is 10.0. The lowest BCUT2D eigenvalue weighted by Crippen LogP contribution is -2.28. The molecule has 0 aliphatic carbocycles. The van der Waals surface area contributed by atoms with Gasteiger partial charge in [0.15, 0.2) is 0 Å². The summed E-state index contributed by atoms with van der Waals surface area (Å²) in [6.07, 6.45) is 0. The Bertz CT molecular complexity index is 615. The molecule has 0 amide bonds. The second-order valence-corrected chi connectivity index (χ2v) is 6.48. The van der Waals surface area contributed by atoms with E-state index in [0.717, 1.165) is 19.6 Å². The molecule has 1 N–H and O–H groups in total. The van der Waals surface area contributed by atoms with Crippen molar-refractivity contribution in [2.24, 2.45) is 0 Å². The van der Waals surface area contributed by atoms with E-state index in [2.05, 4.69) is 65.5 Å². The van der Waals surface area contributed by atoms with E-state index >= 15 is 0 Å². The number of aromatic nitrogens is 2. The molecule has 2 aromatic rings. The van der Waals surface area contributed by atoms with Crippen molar-refractivity contribution in [3.8, 4) is 0 Å². The number of anilines is 1. The van der Waals surface area contributed by atoms with Crippen LogP contribution in [0.25, 0.3) is 0 Å². The number of para-hydroxylation sites is 1. The molecule has 112 valence electrons. The van der Waals surface area contributed by atoms with Crippen LogP contribution in [0.15, 0.2) is 28.7 Å². The predicted molar refractivity (Wildman–Crippen MR) is 82.2 cm³/mol. The Morgan fingerprint density at radius 2 is 2.05 bits per heavy atom. The first kappa shape index (κ1) is 14.1. The number of rotatable bonds is 2. The van der Waals surface area contributed by atoms with Crippen molar-refractivity contribution in [2.75, 3.05) is 18.0 Å².